The van der Waals surface area contributed by atoms with E-state index in [1.165, 1.54) is 6.07 Å². The van der Waals surface area contributed by atoms with Crippen LogP contribution < -0.4 is 5.32 Å². The van der Waals surface area contributed by atoms with Gasteiger partial charge in [-0.25, -0.2) is 8.78 Å². The lowest BCUT2D eigenvalue weighted by Crippen LogP contribution is -2.00. The van der Waals surface area contributed by atoms with E-state index in [4.69, 9.17) is 0 Å². The van der Waals surface area contributed by atoms with Gasteiger partial charge >= 0.3 is 0 Å². The van der Waals surface area contributed by atoms with Crippen LogP contribution in [0.25, 0.3) is 0 Å². The molecule has 0 aromatic heterocycles. The van der Waals surface area contributed by atoms with Crippen LogP contribution in [0.5, 0.6) is 0 Å². The Bertz CT molecular complexity index is 469. The van der Waals surface area contributed by atoms with Gasteiger partial charge in [-0.1, -0.05) is 18.2 Å². The molecule has 0 aliphatic carbocycles. The van der Waals surface area contributed by atoms with Crippen molar-refractivity contribution >= 4 is 5.69 Å². The maximum absolute atomic E-state index is 12.9. The second-order valence-electron chi connectivity index (χ2n) is 3.39. The molecule has 1 N–H and O–H groups in total. The van der Waals surface area contributed by atoms with Crippen molar-refractivity contribution in [1.82, 2.24) is 0 Å². The minimum Gasteiger partial charge on any atom is -0.381 e. The number of halogens is 2. The summed E-state index contributed by atoms with van der Waals surface area (Å²) < 4.78 is 25.6. The van der Waals surface area contributed by atoms with E-state index in [0.29, 0.717) is 12.1 Å². The molecule has 0 aliphatic heterocycles. The van der Waals surface area contributed by atoms with E-state index in [9.17, 15) is 8.78 Å². The number of anilines is 1. The molecule has 0 unspecified atom stereocenters. The minimum atomic E-state index is -0.821. The molecule has 0 fully saturated rings. The van der Waals surface area contributed by atoms with Crippen molar-refractivity contribution in [3.8, 4) is 0 Å². The molecule has 2 aromatic carbocycles. The standard InChI is InChI=1S/C13H10F2N/c14-12-7-6-10(8-13(12)15)9-16-11-4-2-1-3-5-11/h2-8,16H,9H2. The zero-order valence-corrected chi connectivity index (χ0v) is 8.50. The summed E-state index contributed by atoms with van der Waals surface area (Å²) in [5.41, 5.74) is 1.62. The predicted molar refractivity (Wildman–Crippen MR) is 59.0 cm³/mol. The zero-order valence-electron chi connectivity index (χ0n) is 8.50. The van der Waals surface area contributed by atoms with Crippen LogP contribution in [-0.2, 0) is 6.54 Å². The first kappa shape index (κ1) is 10.6. The Morgan fingerprint density at radius 3 is 2.44 bits per heavy atom. The molecule has 0 amide bonds. The van der Waals surface area contributed by atoms with Crippen LogP contribution in [0.15, 0.2) is 42.5 Å². The lowest BCUT2D eigenvalue weighted by Gasteiger charge is -2.06. The molecule has 0 aliphatic rings. The van der Waals surface area contributed by atoms with Gasteiger partial charge in [0.2, 0.25) is 0 Å². The maximum Gasteiger partial charge on any atom is 0.159 e. The summed E-state index contributed by atoms with van der Waals surface area (Å²) in [5.74, 6) is -1.64. The first-order valence-corrected chi connectivity index (χ1v) is 4.89. The molecule has 81 valence electrons. The first-order chi connectivity index (χ1) is 7.75. The Morgan fingerprint density at radius 2 is 1.75 bits per heavy atom. The summed E-state index contributed by atoms with van der Waals surface area (Å²) in [6, 6.07) is 14.1. The molecule has 0 saturated carbocycles. The Kier molecular flexibility index (Phi) is 3.15. The normalized spacial score (nSPS) is 10.1. The molecule has 0 bridgehead atoms. The maximum atomic E-state index is 12.9. The van der Waals surface area contributed by atoms with Crippen LogP contribution >= 0.6 is 0 Å². The fourth-order valence-corrected chi connectivity index (χ4v) is 1.36. The fourth-order valence-electron chi connectivity index (χ4n) is 1.36. The number of hydrogen-bond donors (Lipinski definition) is 1. The molecule has 2 aromatic rings. The van der Waals surface area contributed by atoms with Gasteiger partial charge in [0.1, 0.15) is 0 Å². The van der Waals surface area contributed by atoms with Crippen LogP contribution in [0, 0.1) is 17.7 Å². The minimum absolute atomic E-state index is 0.460. The van der Waals surface area contributed by atoms with Crippen LogP contribution in [0.4, 0.5) is 14.5 Å². The fraction of sp³-hybridized carbons (Fsp3) is 0.0769. The molecule has 1 nitrogen and oxygen atoms in total. The highest BCUT2D eigenvalue weighted by Gasteiger charge is 2.01. The summed E-state index contributed by atoms with van der Waals surface area (Å²) in [7, 11) is 0. The number of benzene rings is 2. The van der Waals surface area contributed by atoms with Crippen molar-refractivity contribution in [3.05, 3.63) is 65.7 Å². The first-order valence-electron chi connectivity index (χ1n) is 4.89. The molecule has 1 radical (unpaired) electrons. The molecule has 0 heterocycles. The number of nitrogens with one attached hydrogen (secondary N) is 1. The molecule has 0 atom stereocenters. The van der Waals surface area contributed by atoms with Gasteiger partial charge in [-0.2, -0.15) is 0 Å². The van der Waals surface area contributed by atoms with Crippen LogP contribution in [-0.4, -0.2) is 0 Å². The second-order valence-corrected chi connectivity index (χ2v) is 3.39. The average molecular weight is 218 g/mol. The van der Waals surface area contributed by atoms with Crippen molar-refractivity contribution in [2.24, 2.45) is 0 Å². The summed E-state index contributed by atoms with van der Waals surface area (Å²) in [4.78, 5) is 0. The van der Waals surface area contributed by atoms with Gasteiger partial charge in [-0.3, -0.25) is 0 Å². The predicted octanol–water partition coefficient (Wildman–Crippen LogP) is 3.38. The van der Waals surface area contributed by atoms with E-state index in [-0.39, 0.29) is 0 Å². The smallest absolute Gasteiger partial charge is 0.159 e. The van der Waals surface area contributed by atoms with E-state index in [1.54, 1.807) is 18.2 Å². The van der Waals surface area contributed by atoms with E-state index in [2.05, 4.69) is 11.4 Å². The number of hydrogen-bond acceptors (Lipinski definition) is 1. The van der Waals surface area contributed by atoms with Crippen molar-refractivity contribution in [3.63, 3.8) is 0 Å². The van der Waals surface area contributed by atoms with Gasteiger partial charge in [0.25, 0.3) is 0 Å². The Balaban J connectivity index is 2.03. The van der Waals surface area contributed by atoms with Gasteiger partial charge < -0.3 is 5.32 Å². The quantitative estimate of drug-likeness (QED) is 0.832. The third kappa shape index (κ3) is 2.57. The van der Waals surface area contributed by atoms with E-state index in [0.717, 1.165) is 11.8 Å². The largest absolute Gasteiger partial charge is 0.381 e. The van der Waals surface area contributed by atoms with Crippen molar-refractivity contribution in [2.75, 3.05) is 5.32 Å². The highest BCUT2D eigenvalue weighted by atomic mass is 19.2. The molecule has 0 spiro atoms. The van der Waals surface area contributed by atoms with Gasteiger partial charge in [0, 0.05) is 12.2 Å². The molecular weight excluding hydrogens is 208 g/mol. The van der Waals surface area contributed by atoms with E-state index < -0.39 is 11.6 Å². The SMILES string of the molecule is Fc1ccc(CNc2cc[c]cc2)cc1F. The summed E-state index contributed by atoms with van der Waals surface area (Å²) in [5, 5.41) is 3.10. The van der Waals surface area contributed by atoms with Crippen molar-refractivity contribution in [2.45, 2.75) is 6.54 Å². The Morgan fingerprint density at radius 1 is 1.00 bits per heavy atom. The Hall–Kier alpha value is -1.90. The van der Waals surface area contributed by atoms with Crippen molar-refractivity contribution in [1.29, 1.82) is 0 Å². The summed E-state index contributed by atoms with van der Waals surface area (Å²) in [6.07, 6.45) is 0. The lowest BCUT2D eigenvalue weighted by molar-refractivity contribution is 0.507. The average Bonchev–Trinajstić information content (AvgIpc) is 2.32. The van der Waals surface area contributed by atoms with Gasteiger partial charge in [0.15, 0.2) is 11.6 Å². The van der Waals surface area contributed by atoms with E-state index >= 15 is 0 Å². The molecule has 3 heteroatoms. The molecule has 2 rings (SSSR count). The second kappa shape index (κ2) is 4.75. The number of rotatable bonds is 3. The van der Waals surface area contributed by atoms with Crippen LogP contribution in [0.1, 0.15) is 5.56 Å². The van der Waals surface area contributed by atoms with Crippen LogP contribution in [0.2, 0.25) is 0 Å². The third-order valence-electron chi connectivity index (χ3n) is 2.20. The molecular formula is C13H10F2N. The summed E-state index contributed by atoms with van der Waals surface area (Å²) >= 11 is 0. The van der Waals surface area contributed by atoms with Gasteiger partial charge in [-0.15, -0.1) is 0 Å². The van der Waals surface area contributed by atoms with Gasteiger partial charge in [-0.05, 0) is 35.9 Å². The molecule has 0 saturated heterocycles. The lowest BCUT2D eigenvalue weighted by atomic mass is 10.2. The molecule has 16 heavy (non-hydrogen) atoms. The topological polar surface area (TPSA) is 12.0 Å². The third-order valence-corrected chi connectivity index (χ3v) is 2.20. The highest BCUT2D eigenvalue weighted by Crippen LogP contribution is 2.11. The van der Waals surface area contributed by atoms with E-state index in [1.807, 2.05) is 12.1 Å². The summed E-state index contributed by atoms with van der Waals surface area (Å²) in [6.45, 7) is 0.460. The van der Waals surface area contributed by atoms with Crippen LogP contribution in [0.3, 0.4) is 0 Å². The zero-order chi connectivity index (χ0) is 11.4. The Labute approximate surface area is 92.7 Å². The van der Waals surface area contributed by atoms with Gasteiger partial charge in [0.05, 0.1) is 0 Å². The highest BCUT2D eigenvalue weighted by molar-refractivity contribution is 5.42. The van der Waals surface area contributed by atoms with Crippen molar-refractivity contribution < 1.29 is 8.78 Å². The monoisotopic (exact) mass is 218 g/mol.